The van der Waals surface area contributed by atoms with Crippen LogP contribution in [0, 0.1) is 0 Å². The van der Waals surface area contributed by atoms with Crippen LogP contribution in [-0.4, -0.2) is 21.1 Å². The van der Waals surface area contributed by atoms with Crippen LogP contribution in [0.3, 0.4) is 0 Å². The summed E-state index contributed by atoms with van der Waals surface area (Å²) in [5.74, 6) is 0.719. The Hall–Kier alpha value is -2.17. The fraction of sp³-hybridized carbons (Fsp3) is 0.357. The van der Waals surface area contributed by atoms with E-state index in [0.29, 0.717) is 12.2 Å². The molecule has 19 heavy (non-hydrogen) atoms. The first kappa shape index (κ1) is 13.3. The number of H-pyrrole nitrogens is 1. The Morgan fingerprint density at radius 1 is 1.37 bits per heavy atom. The molecule has 0 saturated heterocycles. The van der Waals surface area contributed by atoms with E-state index in [9.17, 15) is 4.79 Å². The number of carbonyl (C=O) groups is 1. The number of amides is 1. The summed E-state index contributed by atoms with van der Waals surface area (Å²) < 4.78 is 0. The highest BCUT2D eigenvalue weighted by atomic mass is 16.1. The van der Waals surface area contributed by atoms with E-state index in [1.165, 1.54) is 11.9 Å². The Morgan fingerprint density at radius 3 is 2.84 bits per heavy atom. The molecule has 1 amide bonds. The van der Waals surface area contributed by atoms with Crippen molar-refractivity contribution in [3.63, 3.8) is 0 Å². The standard InChI is InChI=1S/C14H18N4O/c1-11(14-15-10-16-18-14)17-13(19)9-5-8-12-6-3-2-4-7-12/h2-4,6-7,10-11H,5,8-9H2,1H3,(H,17,19)(H,15,16,18). The van der Waals surface area contributed by atoms with Gasteiger partial charge in [0.25, 0.3) is 0 Å². The second kappa shape index (κ2) is 6.68. The molecule has 0 spiro atoms. The molecule has 1 heterocycles. The van der Waals surface area contributed by atoms with Crippen molar-refractivity contribution in [2.45, 2.75) is 32.2 Å². The van der Waals surface area contributed by atoms with Crippen molar-refractivity contribution in [3.05, 3.63) is 48.0 Å². The summed E-state index contributed by atoms with van der Waals surface area (Å²) in [6, 6.07) is 10.1. The van der Waals surface area contributed by atoms with Gasteiger partial charge in [0.05, 0.1) is 6.04 Å². The normalized spacial score (nSPS) is 12.1. The Kier molecular flexibility index (Phi) is 4.66. The van der Waals surface area contributed by atoms with Crippen LogP contribution in [0.1, 0.15) is 37.2 Å². The molecule has 0 bridgehead atoms. The zero-order valence-corrected chi connectivity index (χ0v) is 11.0. The number of hydrogen-bond donors (Lipinski definition) is 2. The summed E-state index contributed by atoms with van der Waals surface area (Å²) in [6.07, 6.45) is 3.73. The number of hydrogen-bond acceptors (Lipinski definition) is 3. The van der Waals surface area contributed by atoms with Gasteiger partial charge in [-0.05, 0) is 25.3 Å². The maximum atomic E-state index is 11.8. The number of aromatic amines is 1. The highest BCUT2D eigenvalue weighted by Crippen LogP contribution is 2.07. The molecule has 2 N–H and O–H groups in total. The molecule has 1 aromatic heterocycles. The predicted octanol–water partition coefficient (Wildman–Crippen LogP) is 2.00. The lowest BCUT2D eigenvalue weighted by Crippen LogP contribution is -2.27. The third-order valence-electron chi connectivity index (χ3n) is 2.93. The van der Waals surface area contributed by atoms with Crippen LogP contribution in [0.15, 0.2) is 36.7 Å². The van der Waals surface area contributed by atoms with Gasteiger partial charge in [0.1, 0.15) is 12.2 Å². The smallest absolute Gasteiger partial charge is 0.220 e. The van der Waals surface area contributed by atoms with E-state index in [4.69, 9.17) is 0 Å². The molecule has 5 nitrogen and oxygen atoms in total. The van der Waals surface area contributed by atoms with Gasteiger partial charge in [0.2, 0.25) is 5.91 Å². The van der Waals surface area contributed by atoms with Crippen molar-refractivity contribution in [1.82, 2.24) is 20.5 Å². The van der Waals surface area contributed by atoms with Gasteiger partial charge in [-0.25, -0.2) is 4.98 Å². The Balaban J connectivity index is 1.70. The van der Waals surface area contributed by atoms with Crippen molar-refractivity contribution < 1.29 is 4.79 Å². The first-order valence-electron chi connectivity index (χ1n) is 6.44. The average Bonchev–Trinajstić information content (AvgIpc) is 2.94. The fourth-order valence-corrected chi connectivity index (χ4v) is 1.90. The van der Waals surface area contributed by atoms with E-state index < -0.39 is 0 Å². The van der Waals surface area contributed by atoms with Crippen LogP contribution in [0.4, 0.5) is 0 Å². The molecule has 1 unspecified atom stereocenters. The molecule has 1 aromatic carbocycles. The second-order valence-corrected chi connectivity index (χ2v) is 4.50. The maximum absolute atomic E-state index is 11.8. The molecule has 0 saturated carbocycles. The SMILES string of the molecule is CC(NC(=O)CCCc1ccccc1)c1ncn[nH]1. The van der Waals surface area contributed by atoms with Crippen molar-refractivity contribution in [2.75, 3.05) is 0 Å². The van der Waals surface area contributed by atoms with Crippen molar-refractivity contribution in [1.29, 1.82) is 0 Å². The topological polar surface area (TPSA) is 70.7 Å². The summed E-state index contributed by atoms with van der Waals surface area (Å²) in [5, 5.41) is 9.41. The van der Waals surface area contributed by atoms with E-state index in [-0.39, 0.29) is 11.9 Å². The molecule has 0 radical (unpaired) electrons. The lowest BCUT2D eigenvalue weighted by Gasteiger charge is -2.10. The average molecular weight is 258 g/mol. The third kappa shape index (κ3) is 4.21. The van der Waals surface area contributed by atoms with Gasteiger partial charge in [-0.2, -0.15) is 5.10 Å². The third-order valence-corrected chi connectivity index (χ3v) is 2.93. The van der Waals surface area contributed by atoms with E-state index >= 15 is 0 Å². The zero-order chi connectivity index (χ0) is 13.5. The minimum absolute atomic E-state index is 0.0415. The van der Waals surface area contributed by atoms with Crippen LogP contribution < -0.4 is 5.32 Å². The van der Waals surface area contributed by atoms with E-state index in [0.717, 1.165) is 12.8 Å². The molecule has 0 aliphatic carbocycles. The highest BCUT2D eigenvalue weighted by Gasteiger charge is 2.11. The fourth-order valence-electron chi connectivity index (χ4n) is 1.90. The predicted molar refractivity (Wildman–Crippen MR) is 72.3 cm³/mol. The van der Waals surface area contributed by atoms with Crippen LogP contribution in [-0.2, 0) is 11.2 Å². The summed E-state index contributed by atoms with van der Waals surface area (Å²) in [7, 11) is 0. The van der Waals surface area contributed by atoms with Crippen molar-refractivity contribution >= 4 is 5.91 Å². The monoisotopic (exact) mass is 258 g/mol. The molecular formula is C14H18N4O. The summed E-state index contributed by atoms with van der Waals surface area (Å²) in [6.45, 7) is 1.88. The van der Waals surface area contributed by atoms with Crippen LogP contribution in [0.2, 0.25) is 0 Å². The van der Waals surface area contributed by atoms with Crippen molar-refractivity contribution in [3.8, 4) is 0 Å². The molecular weight excluding hydrogens is 240 g/mol. The number of nitrogens with one attached hydrogen (secondary N) is 2. The maximum Gasteiger partial charge on any atom is 0.220 e. The molecule has 0 aliphatic rings. The number of nitrogens with zero attached hydrogens (tertiary/aromatic N) is 2. The lowest BCUT2D eigenvalue weighted by atomic mass is 10.1. The van der Waals surface area contributed by atoms with Crippen molar-refractivity contribution in [2.24, 2.45) is 0 Å². The molecule has 100 valence electrons. The van der Waals surface area contributed by atoms with E-state index in [1.54, 1.807) is 0 Å². The second-order valence-electron chi connectivity index (χ2n) is 4.50. The van der Waals surface area contributed by atoms with Crippen LogP contribution in [0.25, 0.3) is 0 Å². The van der Waals surface area contributed by atoms with E-state index in [1.807, 2.05) is 25.1 Å². The van der Waals surface area contributed by atoms with Crippen LogP contribution in [0.5, 0.6) is 0 Å². The Labute approximate surface area is 112 Å². The first-order valence-corrected chi connectivity index (χ1v) is 6.44. The van der Waals surface area contributed by atoms with Gasteiger partial charge in [0, 0.05) is 6.42 Å². The number of benzene rings is 1. The molecule has 0 fully saturated rings. The minimum atomic E-state index is -0.133. The first-order chi connectivity index (χ1) is 9.25. The van der Waals surface area contributed by atoms with Gasteiger partial charge in [-0.1, -0.05) is 30.3 Å². The summed E-state index contributed by atoms with van der Waals surface area (Å²) in [4.78, 5) is 15.8. The number of aryl methyl sites for hydroxylation is 1. The number of aromatic nitrogens is 3. The summed E-state index contributed by atoms with van der Waals surface area (Å²) in [5.41, 5.74) is 1.26. The molecule has 2 rings (SSSR count). The molecule has 2 aromatic rings. The molecule has 5 heteroatoms. The molecule has 0 aliphatic heterocycles. The van der Waals surface area contributed by atoms with Gasteiger partial charge in [0.15, 0.2) is 0 Å². The highest BCUT2D eigenvalue weighted by molar-refractivity contribution is 5.76. The van der Waals surface area contributed by atoms with Gasteiger partial charge in [-0.3, -0.25) is 9.89 Å². The Bertz CT molecular complexity index is 495. The zero-order valence-electron chi connectivity index (χ0n) is 11.0. The van der Waals surface area contributed by atoms with E-state index in [2.05, 4.69) is 32.6 Å². The van der Waals surface area contributed by atoms with Gasteiger partial charge < -0.3 is 5.32 Å². The molecule has 1 atom stereocenters. The number of rotatable bonds is 6. The minimum Gasteiger partial charge on any atom is -0.346 e. The van der Waals surface area contributed by atoms with Gasteiger partial charge in [-0.15, -0.1) is 0 Å². The lowest BCUT2D eigenvalue weighted by molar-refractivity contribution is -0.121. The number of carbonyl (C=O) groups excluding carboxylic acids is 1. The largest absolute Gasteiger partial charge is 0.346 e. The van der Waals surface area contributed by atoms with Crippen LogP contribution >= 0.6 is 0 Å². The quantitative estimate of drug-likeness (QED) is 0.832. The van der Waals surface area contributed by atoms with Gasteiger partial charge >= 0.3 is 0 Å². The Morgan fingerprint density at radius 2 is 2.16 bits per heavy atom. The summed E-state index contributed by atoms with van der Waals surface area (Å²) >= 11 is 0.